The van der Waals surface area contributed by atoms with Crippen LogP contribution < -0.4 is 10.5 Å². The maximum atomic E-state index is 12.5. The highest BCUT2D eigenvalue weighted by Gasteiger charge is 2.31. The fourth-order valence-corrected chi connectivity index (χ4v) is 4.45. The van der Waals surface area contributed by atoms with Gasteiger partial charge in [-0.25, -0.2) is 4.68 Å². The van der Waals surface area contributed by atoms with Crippen LogP contribution in [0.5, 0.6) is 0 Å². The van der Waals surface area contributed by atoms with Crippen molar-refractivity contribution in [3.8, 4) is 0 Å². The molecule has 2 aromatic heterocycles. The van der Waals surface area contributed by atoms with E-state index in [1.165, 1.54) is 19.4 Å². The summed E-state index contributed by atoms with van der Waals surface area (Å²) in [5, 5.41) is 4.95. The number of aromatic nitrogens is 4. The van der Waals surface area contributed by atoms with Crippen LogP contribution in [0.25, 0.3) is 11.0 Å². The second-order valence-corrected chi connectivity index (χ2v) is 8.80. The number of likely N-dealkylation sites (tertiary alicyclic amines) is 1. The van der Waals surface area contributed by atoms with Crippen molar-refractivity contribution in [1.82, 2.24) is 24.6 Å². The Morgan fingerprint density at radius 3 is 2.50 bits per heavy atom. The van der Waals surface area contributed by atoms with E-state index in [2.05, 4.69) is 47.6 Å². The second kappa shape index (κ2) is 6.37. The molecule has 0 radical (unpaired) electrons. The third-order valence-electron chi connectivity index (χ3n) is 5.90. The molecule has 142 valence electrons. The van der Waals surface area contributed by atoms with E-state index < -0.39 is 0 Å². The molecular weight excluding hydrogens is 328 g/mol. The molecule has 0 aromatic carbocycles. The zero-order valence-corrected chi connectivity index (χ0v) is 16.3. The summed E-state index contributed by atoms with van der Waals surface area (Å²) in [5.74, 6) is 0.682. The first-order valence-corrected chi connectivity index (χ1v) is 9.84. The van der Waals surface area contributed by atoms with Crippen molar-refractivity contribution in [3.05, 3.63) is 16.6 Å². The first-order valence-electron chi connectivity index (χ1n) is 9.84. The van der Waals surface area contributed by atoms with E-state index in [0.29, 0.717) is 29.1 Å². The Hall–Kier alpha value is -1.89. The predicted octanol–water partition coefficient (Wildman–Crippen LogP) is 2.33. The number of hydrogen-bond acceptors (Lipinski definition) is 5. The second-order valence-electron chi connectivity index (χ2n) is 8.80. The number of aromatic amines is 1. The first kappa shape index (κ1) is 17.5. The summed E-state index contributed by atoms with van der Waals surface area (Å²) in [6, 6.07) is 1.38. The van der Waals surface area contributed by atoms with Gasteiger partial charge < -0.3 is 4.90 Å². The van der Waals surface area contributed by atoms with Gasteiger partial charge in [-0.15, -0.1) is 0 Å². The van der Waals surface area contributed by atoms with Gasteiger partial charge in [-0.2, -0.15) is 10.1 Å². The van der Waals surface area contributed by atoms with Crippen molar-refractivity contribution in [1.29, 1.82) is 0 Å². The molecule has 2 aliphatic rings. The molecule has 1 atom stereocenters. The van der Waals surface area contributed by atoms with Crippen LogP contribution >= 0.6 is 0 Å². The van der Waals surface area contributed by atoms with Gasteiger partial charge in [-0.1, -0.05) is 0 Å². The fraction of sp³-hybridized carbons (Fsp3) is 0.737. The molecule has 1 N–H and O–H groups in total. The van der Waals surface area contributed by atoms with E-state index >= 15 is 0 Å². The lowest BCUT2D eigenvalue weighted by molar-refractivity contribution is 0.163. The molecule has 0 spiro atoms. The molecule has 2 saturated heterocycles. The van der Waals surface area contributed by atoms with Crippen molar-refractivity contribution in [2.45, 2.75) is 71.0 Å². The van der Waals surface area contributed by atoms with Gasteiger partial charge in [0.1, 0.15) is 5.39 Å². The van der Waals surface area contributed by atoms with Gasteiger partial charge >= 0.3 is 0 Å². The highest BCUT2D eigenvalue weighted by atomic mass is 16.1. The maximum absolute atomic E-state index is 12.5. The van der Waals surface area contributed by atoms with Gasteiger partial charge in [0.15, 0.2) is 5.65 Å². The lowest BCUT2D eigenvalue weighted by Gasteiger charge is -2.38. The lowest BCUT2D eigenvalue weighted by Crippen LogP contribution is -2.46. The molecule has 2 fully saturated rings. The normalized spacial score (nSPS) is 23.2. The van der Waals surface area contributed by atoms with Crippen molar-refractivity contribution >= 4 is 17.0 Å². The van der Waals surface area contributed by atoms with Gasteiger partial charge in [0.25, 0.3) is 5.56 Å². The van der Waals surface area contributed by atoms with E-state index in [9.17, 15) is 4.79 Å². The molecule has 7 heteroatoms. The van der Waals surface area contributed by atoms with Crippen LogP contribution in [-0.2, 0) is 5.54 Å². The zero-order chi connectivity index (χ0) is 18.5. The van der Waals surface area contributed by atoms with Crippen LogP contribution in [0.4, 0.5) is 5.95 Å². The average molecular weight is 358 g/mol. The summed E-state index contributed by atoms with van der Waals surface area (Å²) < 4.78 is 1.85. The Morgan fingerprint density at radius 1 is 1.15 bits per heavy atom. The molecule has 7 nitrogen and oxygen atoms in total. The Morgan fingerprint density at radius 2 is 1.88 bits per heavy atom. The van der Waals surface area contributed by atoms with Crippen molar-refractivity contribution < 1.29 is 0 Å². The van der Waals surface area contributed by atoms with Crippen LogP contribution in [0.1, 0.15) is 53.4 Å². The highest BCUT2D eigenvalue weighted by molar-refractivity contribution is 5.74. The molecule has 0 bridgehead atoms. The largest absolute Gasteiger partial charge is 0.342 e. The summed E-state index contributed by atoms with van der Waals surface area (Å²) in [5.41, 5.74) is 0.362. The molecule has 4 rings (SSSR count). The number of fused-ring (bicyclic) bond motifs is 1. The number of hydrogen-bond donors (Lipinski definition) is 1. The third-order valence-corrected chi connectivity index (χ3v) is 5.90. The van der Waals surface area contributed by atoms with Gasteiger partial charge in [-0.3, -0.25) is 14.7 Å². The van der Waals surface area contributed by atoms with E-state index in [1.807, 2.05) is 4.68 Å². The monoisotopic (exact) mass is 358 g/mol. The molecule has 0 aliphatic carbocycles. The molecule has 2 aliphatic heterocycles. The molecule has 2 aromatic rings. The molecule has 26 heavy (non-hydrogen) atoms. The lowest BCUT2D eigenvalue weighted by atomic mass is 10.0. The quantitative estimate of drug-likeness (QED) is 0.892. The Labute approximate surface area is 154 Å². The first-order chi connectivity index (χ1) is 12.3. The number of anilines is 1. The maximum Gasteiger partial charge on any atom is 0.263 e. The van der Waals surface area contributed by atoms with Crippen LogP contribution in [0.2, 0.25) is 0 Å². The van der Waals surface area contributed by atoms with Gasteiger partial charge in [-0.05, 0) is 59.9 Å². The Bertz CT molecular complexity index is 840. The van der Waals surface area contributed by atoms with Gasteiger partial charge in [0.05, 0.1) is 11.7 Å². The van der Waals surface area contributed by atoms with Crippen LogP contribution in [0, 0.1) is 0 Å². The summed E-state index contributed by atoms with van der Waals surface area (Å²) >= 11 is 0. The standard InChI is InChI=1S/C19H30N6O/c1-13-6-5-9-24(13)14-7-10-23(11-8-14)18-21-16-15(17(26)22-18)12-20-25(16)19(2,3)4/h12-14H,5-11H2,1-4H3,(H,21,22,26). The minimum absolute atomic E-state index is 0.101. The molecule has 0 amide bonds. The number of nitrogens with one attached hydrogen (secondary N) is 1. The minimum atomic E-state index is -0.210. The van der Waals surface area contributed by atoms with E-state index in [0.717, 1.165) is 25.9 Å². The van der Waals surface area contributed by atoms with Crippen molar-refractivity contribution in [2.75, 3.05) is 24.5 Å². The van der Waals surface area contributed by atoms with Crippen molar-refractivity contribution in [2.24, 2.45) is 0 Å². The van der Waals surface area contributed by atoms with Crippen LogP contribution in [0.15, 0.2) is 11.0 Å². The highest BCUT2D eigenvalue weighted by Crippen LogP contribution is 2.27. The smallest absolute Gasteiger partial charge is 0.263 e. The predicted molar refractivity (Wildman–Crippen MR) is 104 cm³/mol. The molecule has 0 saturated carbocycles. The fourth-order valence-electron chi connectivity index (χ4n) is 4.45. The van der Waals surface area contributed by atoms with E-state index in [-0.39, 0.29) is 11.1 Å². The van der Waals surface area contributed by atoms with E-state index in [4.69, 9.17) is 4.98 Å². The number of H-pyrrole nitrogens is 1. The Kier molecular flexibility index (Phi) is 4.29. The average Bonchev–Trinajstić information content (AvgIpc) is 3.21. The van der Waals surface area contributed by atoms with Crippen molar-refractivity contribution in [3.63, 3.8) is 0 Å². The van der Waals surface area contributed by atoms with Gasteiger partial charge in [0.2, 0.25) is 5.95 Å². The minimum Gasteiger partial charge on any atom is -0.342 e. The number of piperidine rings is 1. The Balaban J connectivity index is 1.57. The van der Waals surface area contributed by atoms with E-state index in [1.54, 1.807) is 6.20 Å². The summed E-state index contributed by atoms with van der Waals surface area (Å²) in [6.45, 7) is 11.7. The molecule has 1 unspecified atom stereocenters. The molecular formula is C19H30N6O. The summed E-state index contributed by atoms with van der Waals surface area (Å²) in [6.07, 6.45) is 6.53. The molecule has 4 heterocycles. The SMILES string of the molecule is CC1CCCN1C1CCN(c2nc3c(cnn3C(C)(C)C)c(=O)[nH]2)CC1. The summed E-state index contributed by atoms with van der Waals surface area (Å²) in [4.78, 5) is 25.2. The third kappa shape index (κ3) is 3.02. The van der Waals surface area contributed by atoms with Crippen LogP contribution in [-0.4, -0.2) is 56.4 Å². The summed E-state index contributed by atoms with van der Waals surface area (Å²) in [7, 11) is 0. The number of nitrogens with zero attached hydrogens (tertiary/aromatic N) is 5. The topological polar surface area (TPSA) is 70.1 Å². The number of rotatable bonds is 2. The van der Waals surface area contributed by atoms with Crippen LogP contribution in [0.3, 0.4) is 0 Å². The zero-order valence-electron chi connectivity index (χ0n) is 16.3. The van der Waals surface area contributed by atoms with Gasteiger partial charge in [0, 0.05) is 25.2 Å².